The zero-order chi connectivity index (χ0) is 13.4. The molecule has 1 aliphatic carbocycles. The topological polar surface area (TPSA) is 25.8 Å². The zero-order valence-corrected chi connectivity index (χ0v) is 13.6. The summed E-state index contributed by atoms with van der Waals surface area (Å²) in [5, 5.41) is 0.598. The number of aromatic nitrogens is 2. The van der Waals surface area contributed by atoms with Crippen LogP contribution in [0.15, 0.2) is 24.3 Å². The van der Waals surface area contributed by atoms with Crippen LogP contribution in [0.3, 0.4) is 0 Å². The Morgan fingerprint density at radius 2 is 2.00 bits per heavy atom. The molecular weight excluding hydrogens is 371 g/mol. The normalized spacial score (nSPS) is 14.7. The van der Waals surface area contributed by atoms with Crippen LogP contribution in [-0.4, -0.2) is 9.97 Å². The first-order chi connectivity index (χ1) is 9.15. The molecule has 0 bridgehead atoms. The maximum Gasteiger partial charge on any atom is 0.146 e. The fourth-order valence-corrected chi connectivity index (χ4v) is 3.04. The lowest BCUT2D eigenvalue weighted by Crippen LogP contribution is -2.04. The number of nitrogens with zero attached hydrogens (tertiary/aromatic N) is 2. The third-order valence-electron chi connectivity index (χ3n) is 3.46. The molecular formula is C15H14ClIN2. The second-order valence-electron chi connectivity index (χ2n) is 5.01. The summed E-state index contributed by atoms with van der Waals surface area (Å²) in [6.07, 6.45) is 3.21. The minimum atomic E-state index is 0.598. The van der Waals surface area contributed by atoms with Crippen LogP contribution in [0.25, 0.3) is 0 Å². The molecule has 0 saturated heterocycles. The highest BCUT2D eigenvalue weighted by Crippen LogP contribution is 2.42. The Kier molecular flexibility index (Phi) is 3.76. The summed E-state index contributed by atoms with van der Waals surface area (Å²) in [6, 6.07) is 8.35. The van der Waals surface area contributed by atoms with E-state index in [9.17, 15) is 0 Å². The monoisotopic (exact) mass is 384 g/mol. The number of hydrogen-bond donors (Lipinski definition) is 0. The lowest BCUT2D eigenvalue weighted by Gasteiger charge is -2.09. The van der Waals surface area contributed by atoms with Crippen molar-refractivity contribution >= 4 is 34.2 Å². The molecule has 0 amide bonds. The van der Waals surface area contributed by atoms with Gasteiger partial charge in [0, 0.05) is 12.3 Å². The Balaban J connectivity index is 1.95. The Labute approximate surface area is 131 Å². The number of hydrogen-bond acceptors (Lipinski definition) is 2. The molecule has 0 radical (unpaired) electrons. The van der Waals surface area contributed by atoms with E-state index in [0.717, 1.165) is 21.5 Å². The highest BCUT2D eigenvalue weighted by Gasteiger charge is 2.29. The van der Waals surface area contributed by atoms with Crippen molar-refractivity contribution in [1.82, 2.24) is 9.97 Å². The summed E-state index contributed by atoms with van der Waals surface area (Å²) >= 11 is 8.50. The van der Waals surface area contributed by atoms with Crippen molar-refractivity contribution in [3.63, 3.8) is 0 Å². The summed E-state index contributed by atoms with van der Waals surface area (Å²) in [5.41, 5.74) is 3.68. The predicted molar refractivity (Wildman–Crippen MR) is 85.7 cm³/mol. The van der Waals surface area contributed by atoms with Crippen molar-refractivity contribution in [2.24, 2.45) is 0 Å². The van der Waals surface area contributed by atoms with Crippen LogP contribution >= 0.6 is 34.2 Å². The molecule has 0 N–H and O–H groups in total. The molecule has 1 aliphatic rings. The molecule has 3 rings (SSSR count). The van der Waals surface area contributed by atoms with Gasteiger partial charge in [-0.25, -0.2) is 9.97 Å². The van der Waals surface area contributed by atoms with Gasteiger partial charge in [-0.1, -0.05) is 35.9 Å². The van der Waals surface area contributed by atoms with E-state index in [0.29, 0.717) is 11.1 Å². The molecule has 1 saturated carbocycles. The highest BCUT2D eigenvalue weighted by molar-refractivity contribution is 14.1. The first kappa shape index (κ1) is 13.3. The standard InChI is InChI=1S/C15H14ClIN2/c1-9-4-2-3-5-11(9)8-12-18-14(10-6-7-10)13(17)15(16)19-12/h2-5,10H,6-8H2,1H3. The van der Waals surface area contributed by atoms with Gasteiger partial charge in [-0.2, -0.15) is 0 Å². The third-order valence-corrected chi connectivity index (χ3v) is 5.11. The quantitative estimate of drug-likeness (QED) is 0.575. The van der Waals surface area contributed by atoms with Crippen LogP contribution < -0.4 is 0 Å². The van der Waals surface area contributed by atoms with Gasteiger partial charge in [0.2, 0.25) is 0 Å². The molecule has 0 atom stereocenters. The van der Waals surface area contributed by atoms with Gasteiger partial charge in [-0.15, -0.1) is 0 Å². The smallest absolute Gasteiger partial charge is 0.146 e. The Bertz CT molecular complexity index is 624. The summed E-state index contributed by atoms with van der Waals surface area (Å²) in [5.74, 6) is 1.43. The molecule has 0 aliphatic heterocycles. The maximum absolute atomic E-state index is 6.24. The van der Waals surface area contributed by atoms with Crippen molar-refractivity contribution in [3.05, 3.63) is 55.6 Å². The van der Waals surface area contributed by atoms with Gasteiger partial charge >= 0.3 is 0 Å². The van der Waals surface area contributed by atoms with Gasteiger partial charge in [0.1, 0.15) is 11.0 Å². The number of benzene rings is 1. The van der Waals surface area contributed by atoms with Crippen molar-refractivity contribution < 1.29 is 0 Å². The van der Waals surface area contributed by atoms with Crippen LogP contribution in [0.4, 0.5) is 0 Å². The zero-order valence-electron chi connectivity index (χ0n) is 10.7. The predicted octanol–water partition coefficient (Wildman–Crippen LogP) is 4.51. The molecule has 2 aromatic rings. The molecule has 4 heteroatoms. The molecule has 98 valence electrons. The molecule has 1 aromatic heterocycles. The molecule has 1 aromatic carbocycles. The van der Waals surface area contributed by atoms with Gasteiger partial charge in [-0.3, -0.25) is 0 Å². The lowest BCUT2D eigenvalue weighted by atomic mass is 10.1. The second kappa shape index (κ2) is 5.37. The SMILES string of the molecule is Cc1ccccc1Cc1nc(Cl)c(I)c(C2CC2)n1. The van der Waals surface area contributed by atoms with Crippen molar-refractivity contribution in [2.75, 3.05) is 0 Å². The summed E-state index contributed by atoms with van der Waals surface area (Å²) < 4.78 is 1.02. The first-order valence-corrected chi connectivity index (χ1v) is 7.87. The average molecular weight is 385 g/mol. The van der Waals surface area contributed by atoms with Gasteiger partial charge in [0.05, 0.1) is 9.26 Å². The number of rotatable bonds is 3. The van der Waals surface area contributed by atoms with E-state index in [1.54, 1.807) is 0 Å². The number of halogens is 2. The highest BCUT2D eigenvalue weighted by atomic mass is 127. The van der Waals surface area contributed by atoms with Crippen LogP contribution in [0, 0.1) is 10.5 Å². The van der Waals surface area contributed by atoms with E-state index in [1.165, 1.54) is 24.0 Å². The van der Waals surface area contributed by atoms with E-state index in [1.807, 2.05) is 0 Å². The Morgan fingerprint density at radius 3 is 2.68 bits per heavy atom. The van der Waals surface area contributed by atoms with E-state index in [-0.39, 0.29) is 0 Å². The third kappa shape index (κ3) is 2.92. The van der Waals surface area contributed by atoms with Crippen molar-refractivity contribution in [1.29, 1.82) is 0 Å². The maximum atomic E-state index is 6.24. The van der Waals surface area contributed by atoms with Crippen molar-refractivity contribution in [3.8, 4) is 0 Å². The van der Waals surface area contributed by atoms with Crippen LogP contribution in [-0.2, 0) is 6.42 Å². The minimum Gasteiger partial charge on any atom is -0.236 e. The number of aryl methyl sites for hydroxylation is 1. The minimum absolute atomic E-state index is 0.598. The summed E-state index contributed by atoms with van der Waals surface area (Å²) in [6.45, 7) is 2.12. The molecule has 2 nitrogen and oxygen atoms in total. The van der Waals surface area contributed by atoms with Crippen molar-refractivity contribution in [2.45, 2.75) is 32.1 Å². The molecule has 1 heterocycles. The summed E-state index contributed by atoms with van der Waals surface area (Å²) in [4.78, 5) is 9.16. The van der Waals surface area contributed by atoms with Gasteiger partial charge < -0.3 is 0 Å². The molecule has 0 unspecified atom stereocenters. The molecule has 19 heavy (non-hydrogen) atoms. The lowest BCUT2D eigenvalue weighted by molar-refractivity contribution is 0.886. The van der Waals surface area contributed by atoms with Gasteiger partial charge in [0.15, 0.2) is 0 Å². The fraction of sp³-hybridized carbons (Fsp3) is 0.333. The second-order valence-corrected chi connectivity index (χ2v) is 6.44. The van der Waals surface area contributed by atoms with Crippen LogP contribution in [0.2, 0.25) is 5.15 Å². The van der Waals surface area contributed by atoms with E-state index in [2.05, 4.69) is 58.8 Å². The Morgan fingerprint density at radius 1 is 1.26 bits per heavy atom. The summed E-state index contributed by atoms with van der Waals surface area (Å²) in [7, 11) is 0. The van der Waals surface area contributed by atoms with Gasteiger partial charge in [0.25, 0.3) is 0 Å². The van der Waals surface area contributed by atoms with Crippen LogP contribution in [0.1, 0.15) is 41.4 Å². The molecule has 1 fully saturated rings. The first-order valence-electron chi connectivity index (χ1n) is 6.41. The fourth-order valence-electron chi connectivity index (χ4n) is 2.17. The van der Waals surface area contributed by atoms with E-state index in [4.69, 9.17) is 16.6 Å². The average Bonchev–Trinajstić information content (AvgIpc) is 3.20. The van der Waals surface area contributed by atoms with E-state index >= 15 is 0 Å². The Hall–Kier alpha value is -0.680. The van der Waals surface area contributed by atoms with Gasteiger partial charge in [-0.05, 0) is 53.5 Å². The van der Waals surface area contributed by atoms with Crippen LogP contribution in [0.5, 0.6) is 0 Å². The largest absolute Gasteiger partial charge is 0.236 e. The molecule has 0 spiro atoms. The van der Waals surface area contributed by atoms with E-state index < -0.39 is 0 Å².